The quantitative estimate of drug-likeness (QED) is 0.269. The Kier molecular flexibility index (Phi) is 8.06. The molecular formula is C37H44N4O4. The molecule has 0 aromatic carbocycles. The molecule has 45 heavy (non-hydrogen) atoms. The Morgan fingerprint density at radius 3 is 2.42 bits per heavy atom. The van der Waals surface area contributed by atoms with E-state index in [0.29, 0.717) is 24.5 Å². The van der Waals surface area contributed by atoms with Gasteiger partial charge in [0.1, 0.15) is 5.76 Å². The van der Waals surface area contributed by atoms with Crippen molar-refractivity contribution in [1.82, 2.24) is 5.32 Å². The van der Waals surface area contributed by atoms with Gasteiger partial charge >= 0.3 is 5.97 Å². The van der Waals surface area contributed by atoms with Crippen molar-refractivity contribution in [3.8, 4) is 0 Å². The van der Waals surface area contributed by atoms with Gasteiger partial charge in [0.2, 0.25) is 0 Å². The second kappa shape index (κ2) is 11.7. The first-order chi connectivity index (χ1) is 21.4. The van der Waals surface area contributed by atoms with Crippen LogP contribution in [0.5, 0.6) is 0 Å². The zero-order valence-electron chi connectivity index (χ0n) is 27.6. The van der Waals surface area contributed by atoms with Crippen LogP contribution in [-0.4, -0.2) is 46.5 Å². The molecular weight excluding hydrogens is 564 g/mol. The van der Waals surface area contributed by atoms with E-state index >= 15 is 0 Å². The number of nitrogens with one attached hydrogen (secondary N) is 1. The molecule has 3 atom stereocenters. The molecule has 236 valence electrons. The third-order valence-corrected chi connectivity index (χ3v) is 9.87. The highest BCUT2D eigenvalue weighted by Gasteiger charge is 2.42. The number of aliphatic hydroxyl groups excluding tert-OH is 2. The van der Waals surface area contributed by atoms with Crippen molar-refractivity contribution in [1.29, 1.82) is 0 Å². The van der Waals surface area contributed by atoms with Crippen LogP contribution in [0, 0.1) is 17.8 Å². The van der Waals surface area contributed by atoms with Crippen LogP contribution in [-0.2, 0) is 9.53 Å². The number of carbonyl (C=O) groups excluding carboxylic acids is 1. The smallest absolute Gasteiger partial charge is 0.305 e. The topological polar surface area (TPSA) is 116 Å². The van der Waals surface area contributed by atoms with Gasteiger partial charge in [-0.1, -0.05) is 27.7 Å². The number of allylic oxidation sites excluding steroid dienone is 11. The van der Waals surface area contributed by atoms with E-state index in [0.717, 1.165) is 91.9 Å². The zero-order valence-corrected chi connectivity index (χ0v) is 27.6. The molecule has 0 amide bonds. The number of rotatable bonds is 7. The summed E-state index contributed by atoms with van der Waals surface area (Å²) in [5.74, 6) is 0.549. The average Bonchev–Trinajstić information content (AvgIpc) is 3.74. The van der Waals surface area contributed by atoms with Gasteiger partial charge in [-0.05, 0) is 86.5 Å². The summed E-state index contributed by atoms with van der Waals surface area (Å²) in [5, 5.41) is 26.0. The van der Waals surface area contributed by atoms with Crippen molar-refractivity contribution in [2.45, 2.75) is 86.7 Å². The van der Waals surface area contributed by atoms with Gasteiger partial charge in [0.15, 0.2) is 0 Å². The van der Waals surface area contributed by atoms with E-state index in [4.69, 9.17) is 19.7 Å². The summed E-state index contributed by atoms with van der Waals surface area (Å²) in [6.45, 7) is 14.6. The number of nitrogens with zero attached hydrogens (tertiary/aromatic N) is 3. The lowest BCUT2D eigenvalue weighted by Crippen LogP contribution is -2.16. The number of fused-ring (bicyclic) bond motifs is 5. The molecule has 0 saturated carbocycles. The molecule has 1 saturated heterocycles. The minimum absolute atomic E-state index is 0.00861. The molecule has 0 aromatic heterocycles. The van der Waals surface area contributed by atoms with Crippen LogP contribution in [0.25, 0.3) is 0 Å². The second-order valence-corrected chi connectivity index (χ2v) is 13.3. The maximum absolute atomic E-state index is 12.3. The van der Waals surface area contributed by atoms with E-state index in [-0.39, 0.29) is 24.2 Å². The van der Waals surface area contributed by atoms with E-state index in [1.54, 1.807) is 6.92 Å². The van der Waals surface area contributed by atoms with Gasteiger partial charge in [-0.2, -0.15) is 0 Å². The first-order valence-electron chi connectivity index (χ1n) is 16.2. The molecule has 1 aliphatic carbocycles. The Bertz CT molecular complexity index is 1750. The first-order valence-corrected chi connectivity index (χ1v) is 16.2. The summed E-state index contributed by atoms with van der Waals surface area (Å²) in [6, 6.07) is 0. The van der Waals surface area contributed by atoms with Crippen LogP contribution in [0.2, 0.25) is 0 Å². The van der Waals surface area contributed by atoms with Crippen molar-refractivity contribution in [3.63, 3.8) is 0 Å². The Hall–Kier alpha value is -4.04. The van der Waals surface area contributed by atoms with Gasteiger partial charge in [0, 0.05) is 52.8 Å². The third kappa shape index (κ3) is 5.23. The number of hydrogen-bond acceptors (Lipinski definition) is 8. The Morgan fingerprint density at radius 1 is 1.04 bits per heavy atom. The van der Waals surface area contributed by atoms with Gasteiger partial charge in [-0.3, -0.25) is 4.79 Å². The van der Waals surface area contributed by atoms with Gasteiger partial charge < -0.3 is 20.3 Å². The van der Waals surface area contributed by atoms with Gasteiger partial charge in [-0.15, -0.1) is 0 Å². The van der Waals surface area contributed by atoms with Crippen molar-refractivity contribution in [3.05, 3.63) is 91.5 Å². The van der Waals surface area contributed by atoms with Crippen molar-refractivity contribution < 1.29 is 19.7 Å². The molecule has 0 radical (unpaired) electrons. The fourth-order valence-electron chi connectivity index (χ4n) is 7.49. The number of esters is 1. The van der Waals surface area contributed by atoms with Gasteiger partial charge in [0.05, 0.1) is 47.4 Å². The van der Waals surface area contributed by atoms with E-state index < -0.39 is 6.10 Å². The van der Waals surface area contributed by atoms with Crippen LogP contribution in [0.1, 0.15) is 80.6 Å². The van der Waals surface area contributed by atoms with E-state index in [1.807, 2.05) is 13.0 Å². The van der Waals surface area contributed by atoms with E-state index in [9.17, 15) is 15.0 Å². The predicted octanol–water partition coefficient (Wildman–Crippen LogP) is 7.02. The Morgan fingerprint density at radius 2 is 1.76 bits per heavy atom. The maximum Gasteiger partial charge on any atom is 0.305 e. The number of ether oxygens (including phenoxy) is 1. The van der Waals surface area contributed by atoms with Crippen LogP contribution in [0.4, 0.5) is 0 Å². The molecule has 0 aromatic rings. The highest BCUT2D eigenvalue weighted by Crippen LogP contribution is 2.47. The number of carbonyl (C=O) groups is 1. The Balaban J connectivity index is 1.61. The minimum Gasteiger partial charge on any atom is -0.511 e. The van der Waals surface area contributed by atoms with Crippen LogP contribution >= 0.6 is 0 Å². The third-order valence-electron chi connectivity index (χ3n) is 9.87. The normalized spacial score (nSPS) is 24.8. The molecule has 1 fully saturated rings. The lowest BCUT2D eigenvalue weighted by Gasteiger charge is -2.17. The van der Waals surface area contributed by atoms with Crippen LogP contribution in [0.3, 0.4) is 0 Å². The average molecular weight is 609 g/mol. The molecule has 0 spiro atoms. The lowest BCUT2D eigenvalue weighted by molar-refractivity contribution is -0.140. The number of aliphatic imine (C=N–C) groups is 3. The van der Waals surface area contributed by atoms with Crippen molar-refractivity contribution in [2.75, 3.05) is 7.11 Å². The highest BCUT2D eigenvalue weighted by molar-refractivity contribution is 6.21. The molecule has 3 unspecified atom stereocenters. The van der Waals surface area contributed by atoms with Crippen LogP contribution < -0.4 is 5.32 Å². The number of hydrogen-bond donors (Lipinski definition) is 3. The molecule has 8 nitrogen and oxygen atoms in total. The van der Waals surface area contributed by atoms with E-state index in [1.165, 1.54) is 12.7 Å². The summed E-state index contributed by atoms with van der Waals surface area (Å²) in [6.07, 6.45) is 8.30. The van der Waals surface area contributed by atoms with Crippen molar-refractivity contribution in [2.24, 2.45) is 32.7 Å². The summed E-state index contributed by atoms with van der Waals surface area (Å²) in [5.41, 5.74) is 13.7. The molecule has 8 bridgehead atoms. The first kappa shape index (κ1) is 31.0. The summed E-state index contributed by atoms with van der Waals surface area (Å²) < 4.78 is 4.99. The van der Waals surface area contributed by atoms with Gasteiger partial charge in [0.25, 0.3) is 0 Å². The largest absolute Gasteiger partial charge is 0.511 e. The summed E-state index contributed by atoms with van der Waals surface area (Å²) in [7, 11) is 1.42. The fraction of sp³-hybridized carbons (Fsp3) is 0.459. The fourth-order valence-corrected chi connectivity index (χ4v) is 7.49. The highest BCUT2D eigenvalue weighted by atomic mass is 16.5. The van der Waals surface area contributed by atoms with Crippen LogP contribution in [0.15, 0.2) is 106 Å². The molecule has 3 N–H and O–H groups in total. The maximum atomic E-state index is 12.3. The zero-order chi connectivity index (χ0) is 32.3. The minimum atomic E-state index is -0.706. The molecule has 8 heteroatoms. The van der Waals surface area contributed by atoms with Crippen molar-refractivity contribution >= 4 is 23.1 Å². The number of aliphatic hydroxyl groups is 2. The van der Waals surface area contributed by atoms with E-state index in [2.05, 4.69) is 52.1 Å². The summed E-state index contributed by atoms with van der Waals surface area (Å²) >= 11 is 0. The Labute approximate surface area is 265 Å². The molecule has 5 heterocycles. The number of methoxy groups -OCH3 is 1. The monoisotopic (exact) mass is 608 g/mol. The molecule has 6 aliphatic rings. The van der Waals surface area contributed by atoms with Gasteiger partial charge in [-0.25, -0.2) is 15.0 Å². The predicted molar refractivity (Wildman–Crippen MR) is 179 cm³/mol. The lowest BCUT2D eigenvalue weighted by atomic mass is 9.86. The molecule has 5 aliphatic heterocycles. The molecule has 6 rings (SSSR count). The SMILES string of the molecule is CCC1=C2C=C3N=C(C=C4N=C(C=C5NC(=C6CC(O)=C1C6=N2)C(CCC(=O)OC)C5C)C(C)=C4C(C)O)C(C)=C3CC(C)C. The standard InChI is InChI=1S/C37H44N4O4/c1-9-22-29-16-30-24(12-17(2)3)19(5)26(38-30)15-31-34(21(7)42)20(6)28(39-31)14-27-18(4)23(10-11-33(44)45-8)36(40-27)25-13-32(43)35(22)37(25)41-29/h14-18,21,23,40,42-43H,9-13H2,1-8H3. The second-order valence-electron chi connectivity index (χ2n) is 13.3. The summed E-state index contributed by atoms with van der Waals surface area (Å²) in [4.78, 5) is 27.7.